The van der Waals surface area contributed by atoms with Crippen LogP contribution >= 0.6 is 11.6 Å². The summed E-state index contributed by atoms with van der Waals surface area (Å²) in [6.07, 6.45) is -4.65. The first-order valence-corrected chi connectivity index (χ1v) is 5.55. The van der Waals surface area contributed by atoms with Gasteiger partial charge in [0.1, 0.15) is 11.7 Å². The van der Waals surface area contributed by atoms with Crippen molar-refractivity contribution in [3.63, 3.8) is 0 Å². The molecule has 0 N–H and O–H groups in total. The summed E-state index contributed by atoms with van der Waals surface area (Å²) < 4.78 is 37.2. The molecule has 1 atom stereocenters. The Labute approximate surface area is 116 Å². The molecular weight excluding hydrogens is 301 g/mol. The van der Waals surface area contributed by atoms with Crippen molar-refractivity contribution in [3.8, 4) is 0 Å². The van der Waals surface area contributed by atoms with E-state index in [1.54, 1.807) is 0 Å². The summed E-state index contributed by atoms with van der Waals surface area (Å²) in [7, 11) is 0. The quantitative estimate of drug-likeness (QED) is 0.624. The Balaban J connectivity index is 3.24. The number of benzene rings is 1. The molecule has 0 saturated heterocycles. The summed E-state index contributed by atoms with van der Waals surface area (Å²) in [5, 5.41) is 10.1. The highest BCUT2D eigenvalue weighted by atomic mass is 35.5. The molecule has 1 aromatic rings. The van der Waals surface area contributed by atoms with Crippen molar-refractivity contribution in [2.24, 2.45) is 5.92 Å². The normalized spacial score (nSPS) is 12.8. The Morgan fingerprint density at radius 1 is 1.25 bits per heavy atom. The Morgan fingerprint density at radius 3 is 2.15 bits per heavy atom. The fourth-order valence-electron chi connectivity index (χ4n) is 1.50. The second-order valence-electron chi connectivity index (χ2n) is 3.92. The van der Waals surface area contributed by atoms with Gasteiger partial charge in [-0.15, -0.1) is 0 Å². The van der Waals surface area contributed by atoms with Gasteiger partial charge in [-0.05, 0) is 25.1 Å². The zero-order valence-corrected chi connectivity index (χ0v) is 10.7. The van der Waals surface area contributed by atoms with E-state index in [1.165, 1.54) is 0 Å². The Kier molecular flexibility index (Phi) is 4.54. The molecule has 0 aromatic heterocycles. The highest BCUT2D eigenvalue weighted by Crippen LogP contribution is 2.32. The van der Waals surface area contributed by atoms with E-state index in [9.17, 15) is 32.7 Å². The van der Waals surface area contributed by atoms with Crippen LogP contribution in [0.3, 0.4) is 0 Å². The van der Waals surface area contributed by atoms with E-state index in [0.717, 1.165) is 13.0 Å². The SMILES string of the molecule is CC(=O)C(C(=O)[O-])C(=O)c1ccc(C(F)(F)F)cc1Cl. The van der Waals surface area contributed by atoms with Crippen molar-refractivity contribution in [3.05, 3.63) is 34.3 Å². The summed E-state index contributed by atoms with van der Waals surface area (Å²) in [5.41, 5.74) is -1.57. The Hall–Kier alpha value is -1.89. The van der Waals surface area contributed by atoms with Crippen molar-refractivity contribution in [2.75, 3.05) is 0 Å². The second kappa shape index (κ2) is 5.62. The van der Waals surface area contributed by atoms with Crippen molar-refractivity contribution in [2.45, 2.75) is 13.1 Å². The molecule has 0 aliphatic carbocycles. The molecule has 0 aliphatic rings. The van der Waals surface area contributed by atoms with Crippen LogP contribution < -0.4 is 5.11 Å². The van der Waals surface area contributed by atoms with Crippen molar-refractivity contribution < 1.29 is 32.7 Å². The molecule has 0 spiro atoms. The summed E-state index contributed by atoms with van der Waals surface area (Å²) in [4.78, 5) is 33.6. The number of aliphatic carboxylic acids is 1. The van der Waals surface area contributed by atoms with Crippen LogP contribution in [-0.2, 0) is 15.8 Å². The van der Waals surface area contributed by atoms with Gasteiger partial charge >= 0.3 is 6.18 Å². The van der Waals surface area contributed by atoms with Crippen LogP contribution in [0, 0.1) is 5.92 Å². The van der Waals surface area contributed by atoms with E-state index in [2.05, 4.69) is 0 Å². The number of hydrogen-bond acceptors (Lipinski definition) is 4. The third-order valence-electron chi connectivity index (χ3n) is 2.47. The van der Waals surface area contributed by atoms with E-state index in [-0.39, 0.29) is 0 Å². The number of carboxylic acid groups (broad SMARTS) is 1. The van der Waals surface area contributed by atoms with E-state index in [0.29, 0.717) is 12.1 Å². The number of rotatable bonds is 4. The monoisotopic (exact) mass is 307 g/mol. The highest BCUT2D eigenvalue weighted by molar-refractivity contribution is 6.35. The van der Waals surface area contributed by atoms with Crippen LogP contribution in [0.15, 0.2) is 18.2 Å². The average molecular weight is 308 g/mol. The van der Waals surface area contributed by atoms with E-state index < -0.39 is 45.8 Å². The highest BCUT2D eigenvalue weighted by Gasteiger charge is 2.33. The molecule has 1 rings (SSSR count). The zero-order valence-electron chi connectivity index (χ0n) is 9.95. The summed E-state index contributed by atoms with van der Waals surface area (Å²) in [5.74, 6) is -6.23. The molecule has 108 valence electrons. The molecule has 0 amide bonds. The number of carboxylic acids is 1. The van der Waals surface area contributed by atoms with Crippen molar-refractivity contribution >= 4 is 29.1 Å². The molecule has 1 unspecified atom stereocenters. The van der Waals surface area contributed by atoms with Crippen LogP contribution in [0.2, 0.25) is 5.02 Å². The lowest BCUT2D eigenvalue weighted by Crippen LogP contribution is -2.40. The lowest BCUT2D eigenvalue weighted by atomic mass is 9.94. The van der Waals surface area contributed by atoms with E-state index in [4.69, 9.17) is 11.6 Å². The van der Waals surface area contributed by atoms with Crippen molar-refractivity contribution in [1.82, 2.24) is 0 Å². The van der Waals surface area contributed by atoms with Crippen LogP contribution in [0.1, 0.15) is 22.8 Å². The maximum absolute atomic E-state index is 12.4. The minimum absolute atomic E-state index is 0.482. The smallest absolute Gasteiger partial charge is 0.416 e. The van der Waals surface area contributed by atoms with Gasteiger partial charge in [0.25, 0.3) is 0 Å². The molecule has 0 heterocycles. The Morgan fingerprint density at radius 2 is 1.80 bits per heavy atom. The molecular formula is C12H7ClF3O4-. The number of carbonyl (C=O) groups is 3. The number of Topliss-reactive ketones (excluding diaryl/α,β-unsaturated/α-hetero) is 2. The topological polar surface area (TPSA) is 74.3 Å². The van der Waals surface area contributed by atoms with E-state index in [1.807, 2.05) is 0 Å². The molecule has 0 aliphatic heterocycles. The number of carbonyl (C=O) groups excluding carboxylic acids is 3. The maximum atomic E-state index is 12.4. The molecule has 8 heteroatoms. The predicted octanol–water partition coefficient (Wildman–Crippen LogP) is 1.50. The van der Waals surface area contributed by atoms with Crippen LogP contribution in [-0.4, -0.2) is 17.5 Å². The first kappa shape index (κ1) is 16.2. The molecule has 0 fully saturated rings. The zero-order chi connectivity index (χ0) is 15.7. The molecule has 1 aromatic carbocycles. The van der Waals surface area contributed by atoms with Crippen LogP contribution in [0.25, 0.3) is 0 Å². The number of ketones is 2. The molecule has 0 bridgehead atoms. The van der Waals surface area contributed by atoms with Gasteiger partial charge in [0.05, 0.1) is 16.6 Å². The van der Waals surface area contributed by atoms with Gasteiger partial charge in [0.2, 0.25) is 0 Å². The molecule has 0 radical (unpaired) electrons. The lowest BCUT2D eigenvalue weighted by molar-refractivity contribution is -0.307. The predicted molar refractivity (Wildman–Crippen MR) is 60.0 cm³/mol. The Bertz CT molecular complexity index is 567. The standard InChI is InChI=1S/C12H8ClF3O4/c1-5(17)9(11(19)20)10(18)7-3-2-6(4-8(7)13)12(14,15)16/h2-4,9H,1H3,(H,19,20)/p-1. The molecule has 20 heavy (non-hydrogen) atoms. The first-order chi connectivity index (χ1) is 9.05. The maximum Gasteiger partial charge on any atom is 0.416 e. The molecule has 0 saturated carbocycles. The van der Waals surface area contributed by atoms with Gasteiger partial charge in [-0.3, -0.25) is 9.59 Å². The van der Waals surface area contributed by atoms with Gasteiger partial charge in [-0.2, -0.15) is 13.2 Å². The molecule has 4 nitrogen and oxygen atoms in total. The number of halogens is 4. The van der Waals surface area contributed by atoms with Crippen molar-refractivity contribution in [1.29, 1.82) is 0 Å². The van der Waals surface area contributed by atoms with Gasteiger partial charge in [-0.1, -0.05) is 11.6 Å². The van der Waals surface area contributed by atoms with Crippen LogP contribution in [0.5, 0.6) is 0 Å². The number of alkyl halides is 3. The number of hydrogen-bond donors (Lipinski definition) is 0. The average Bonchev–Trinajstić information content (AvgIpc) is 2.26. The second-order valence-corrected chi connectivity index (χ2v) is 4.33. The van der Waals surface area contributed by atoms with E-state index >= 15 is 0 Å². The fraction of sp³-hybridized carbons (Fsp3) is 0.250. The first-order valence-electron chi connectivity index (χ1n) is 5.18. The largest absolute Gasteiger partial charge is 0.549 e. The fourth-order valence-corrected chi connectivity index (χ4v) is 1.78. The summed E-state index contributed by atoms with van der Waals surface area (Å²) in [6.45, 7) is 0.857. The third kappa shape index (κ3) is 3.36. The third-order valence-corrected chi connectivity index (χ3v) is 2.78. The summed E-state index contributed by atoms with van der Waals surface area (Å²) in [6, 6.07) is 1.79. The lowest BCUT2D eigenvalue weighted by Gasteiger charge is -2.15. The van der Waals surface area contributed by atoms with Crippen LogP contribution in [0.4, 0.5) is 13.2 Å². The van der Waals surface area contributed by atoms with Gasteiger partial charge in [0.15, 0.2) is 5.78 Å². The minimum atomic E-state index is -4.65. The van der Waals surface area contributed by atoms with Gasteiger partial charge in [0, 0.05) is 5.56 Å². The summed E-state index contributed by atoms with van der Waals surface area (Å²) >= 11 is 5.54. The van der Waals surface area contributed by atoms with Gasteiger partial charge in [-0.25, -0.2) is 0 Å². The minimum Gasteiger partial charge on any atom is -0.549 e. The van der Waals surface area contributed by atoms with Gasteiger partial charge < -0.3 is 9.90 Å².